The molecular weight excluding hydrogens is 354 g/mol. The van der Waals surface area contributed by atoms with Gasteiger partial charge in [0.05, 0.1) is 0 Å². The van der Waals surface area contributed by atoms with Crippen LogP contribution in [0.5, 0.6) is 0 Å². The minimum Gasteiger partial charge on any atom is -0.396 e. The van der Waals surface area contributed by atoms with E-state index in [1.165, 1.54) is 0 Å². The average molecular weight is 381 g/mol. The minimum atomic E-state index is -0.636. The highest BCUT2D eigenvalue weighted by atomic mass is 16.3. The fourth-order valence-electron chi connectivity index (χ4n) is 3.57. The fourth-order valence-corrected chi connectivity index (χ4v) is 3.57. The van der Waals surface area contributed by atoms with Crippen LogP contribution >= 0.6 is 0 Å². The van der Waals surface area contributed by atoms with E-state index in [1.54, 1.807) is 11.1 Å². The molecule has 2 aromatic rings. The van der Waals surface area contributed by atoms with Crippen LogP contribution < -0.4 is 5.32 Å². The van der Waals surface area contributed by atoms with Gasteiger partial charge in [-0.1, -0.05) is 36.4 Å². The molecule has 2 N–H and O–H groups in total. The molecule has 2 atom stereocenters. The number of hydrogen-bond donors (Lipinski definition) is 2. The highest BCUT2D eigenvalue weighted by Crippen LogP contribution is 2.25. The highest BCUT2D eigenvalue weighted by Gasteiger charge is 2.32. The molecule has 0 bridgehead atoms. The Morgan fingerprint density at radius 3 is 2.61 bits per heavy atom. The van der Waals surface area contributed by atoms with Crippen LogP contribution in [0, 0.1) is 5.92 Å². The Balaban J connectivity index is 1.69. The number of carbonyl (C=O) groups is 2. The standard InChI is InChI=1S/C22H27N3O3/c26-16-17(14-19-10-4-6-12-23-19)15-24-22(28)21(18-8-2-1-3-9-18)25-13-7-5-11-20(25)27/h1-4,6,8-10,12,17,21,26H,5,7,11,13-16H2,(H,24,28)/t17-,21-/m1/s1. The topological polar surface area (TPSA) is 82.5 Å². The van der Waals surface area contributed by atoms with Gasteiger partial charge in [-0.25, -0.2) is 0 Å². The Labute approximate surface area is 165 Å². The number of amides is 2. The number of piperidine rings is 1. The lowest BCUT2D eigenvalue weighted by atomic mass is 9.99. The summed E-state index contributed by atoms with van der Waals surface area (Å²) in [6, 6.07) is 14.4. The third-order valence-electron chi connectivity index (χ3n) is 5.08. The van der Waals surface area contributed by atoms with Crippen molar-refractivity contribution >= 4 is 11.8 Å². The summed E-state index contributed by atoms with van der Waals surface area (Å²) >= 11 is 0. The summed E-state index contributed by atoms with van der Waals surface area (Å²) < 4.78 is 0. The number of carbonyl (C=O) groups excluding carboxylic acids is 2. The number of aliphatic hydroxyl groups excluding tert-OH is 1. The first kappa shape index (κ1) is 20.0. The molecule has 0 saturated carbocycles. The lowest BCUT2D eigenvalue weighted by molar-refractivity contribution is -0.142. The van der Waals surface area contributed by atoms with Crippen LogP contribution in [0.25, 0.3) is 0 Å². The zero-order chi connectivity index (χ0) is 19.8. The summed E-state index contributed by atoms with van der Waals surface area (Å²) in [4.78, 5) is 31.5. The number of nitrogens with one attached hydrogen (secondary N) is 1. The van der Waals surface area contributed by atoms with Gasteiger partial charge in [0, 0.05) is 43.9 Å². The van der Waals surface area contributed by atoms with E-state index in [9.17, 15) is 14.7 Å². The van der Waals surface area contributed by atoms with Crippen molar-refractivity contribution in [1.82, 2.24) is 15.2 Å². The van der Waals surface area contributed by atoms with Crippen LogP contribution in [0.3, 0.4) is 0 Å². The summed E-state index contributed by atoms with van der Waals surface area (Å²) in [6.07, 6.45) is 4.55. The van der Waals surface area contributed by atoms with Crippen LogP contribution in [0.4, 0.5) is 0 Å². The van der Waals surface area contributed by atoms with Gasteiger partial charge in [-0.3, -0.25) is 14.6 Å². The van der Waals surface area contributed by atoms with Gasteiger partial charge in [0.1, 0.15) is 6.04 Å². The lowest BCUT2D eigenvalue weighted by Gasteiger charge is -2.34. The maximum absolute atomic E-state index is 13.1. The number of nitrogens with zero attached hydrogens (tertiary/aromatic N) is 2. The smallest absolute Gasteiger partial charge is 0.247 e. The van der Waals surface area contributed by atoms with E-state index < -0.39 is 6.04 Å². The second-order valence-electron chi connectivity index (χ2n) is 7.18. The summed E-state index contributed by atoms with van der Waals surface area (Å²) in [7, 11) is 0. The lowest BCUT2D eigenvalue weighted by Crippen LogP contribution is -2.46. The molecule has 6 nitrogen and oxygen atoms in total. The summed E-state index contributed by atoms with van der Waals surface area (Å²) in [6.45, 7) is 0.871. The van der Waals surface area contributed by atoms with Crippen LogP contribution in [0.1, 0.15) is 36.6 Å². The van der Waals surface area contributed by atoms with E-state index in [1.807, 2.05) is 48.5 Å². The molecule has 0 radical (unpaired) electrons. The molecule has 2 amide bonds. The average Bonchev–Trinajstić information content (AvgIpc) is 2.74. The molecule has 28 heavy (non-hydrogen) atoms. The molecule has 3 rings (SSSR count). The van der Waals surface area contributed by atoms with Gasteiger partial charge < -0.3 is 15.3 Å². The van der Waals surface area contributed by atoms with Crippen LogP contribution in [-0.2, 0) is 16.0 Å². The number of benzene rings is 1. The quantitative estimate of drug-likeness (QED) is 0.734. The minimum absolute atomic E-state index is 0.0162. The summed E-state index contributed by atoms with van der Waals surface area (Å²) in [5.74, 6) is -0.323. The SMILES string of the molecule is O=C(NC[C@H](CO)Cc1ccccn1)[C@@H](c1ccccc1)N1CCCCC1=O. The molecule has 0 spiro atoms. The second kappa shape index (κ2) is 9.99. The molecule has 0 aliphatic carbocycles. The number of aromatic nitrogens is 1. The number of aliphatic hydroxyl groups is 1. The summed E-state index contributed by atoms with van der Waals surface area (Å²) in [5, 5.41) is 12.7. The predicted octanol–water partition coefficient (Wildman–Crippen LogP) is 2.10. The number of rotatable bonds is 8. The van der Waals surface area contributed by atoms with E-state index in [4.69, 9.17) is 0 Å². The van der Waals surface area contributed by atoms with Gasteiger partial charge >= 0.3 is 0 Å². The van der Waals surface area contributed by atoms with Crippen molar-refractivity contribution in [2.24, 2.45) is 5.92 Å². The normalized spacial score (nSPS) is 16.5. The third-order valence-corrected chi connectivity index (χ3v) is 5.08. The van der Waals surface area contributed by atoms with E-state index in [-0.39, 0.29) is 24.3 Å². The maximum atomic E-state index is 13.1. The zero-order valence-corrected chi connectivity index (χ0v) is 16.0. The van der Waals surface area contributed by atoms with Gasteiger partial charge in [-0.2, -0.15) is 0 Å². The first-order chi connectivity index (χ1) is 13.7. The van der Waals surface area contributed by atoms with Crippen molar-refractivity contribution in [2.75, 3.05) is 19.7 Å². The molecule has 1 fully saturated rings. The van der Waals surface area contributed by atoms with Crippen molar-refractivity contribution in [3.05, 3.63) is 66.0 Å². The summed E-state index contributed by atoms with van der Waals surface area (Å²) in [5.41, 5.74) is 1.68. The molecule has 1 aliphatic heterocycles. The highest BCUT2D eigenvalue weighted by molar-refractivity contribution is 5.89. The van der Waals surface area contributed by atoms with Crippen molar-refractivity contribution in [3.63, 3.8) is 0 Å². The Morgan fingerprint density at radius 2 is 1.93 bits per heavy atom. The maximum Gasteiger partial charge on any atom is 0.247 e. The molecular formula is C22H27N3O3. The Morgan fingerprint density at radius 1 is 1.14 bits per heavy atom. The van der Waals surface area contributed by atoms with Crippen LogP contribution in [0.2, 0.25) is 0 Å². The second-order valence-corrected chi connectivity index (χ2v) is 7.18. The van der Waals surface area contributed by atoms with Crippen molar-refractivity contribution < 1.29 is 14.7 Å². The first-order valence-corrected chi connectivity index (χ1v) is 9.82. The molecule has 1 aromatic heterocycles. The zero-order valence-electron chi connectivity index (χ0n) is 16.0. The van der Waals surface area contributed by atoms with Crippen molar-refractivity contribution in [1.29, 1.82) is 0 Å². The van der Waals surface area contributed by atoms with E-state index in [0.717, 1.165) is 24.1 Å². The molecule has 0 unspecified atom stereocenters. The molecule has 6 heteroatoms. The van der Waals surface area contributed by atoms with Gasteiger partial charge in [-0.15, -0.1) is 0 Å². The van der Waals surface area contributed by atoms with Gasteiger partial charge in [-0.05, 0) is 37.0 Å². The monoisotopic (exact) mass is 381 g/mol. The third kappa shape index (κ3) is 5.16. The van der Waals surface area contributed by atoms with Crippen LogP contribution in [-0.4, -0.2) is 46.5 Å². The van der Waals surface area contributed by atoms with Crippen LogP contribution in [0.15, 0.2) is 54.7 Å². The van der Waals surface area contributed by atoms with E-state index in [0.29, 0.717) is 25.9 Å². The van der Waals surface area contributed by atoms with Crippen molar-refractivity contribution in [3.8, 4) is 0 Å². The van der Waals surface area contributed by atoms with Gasteiger partial charge in [0.15, 0.2) is 0 Å². The van der Waals surface area contributed by atoms with Gasteiger partial charge in [0.25, 0.3) is 0 Å². The first-order valence-electron chi connectivity index (χ1n) is 9.82. The fraction of sp³-hybridized carbons (Fsp3) is 0.409. The predicted molar refractivity (Wildman–Crippen MR) is 106 cm³/mol. The molecule has 148 valence electrons. The Kier molecular flexibility index (Phi) is 7.14. The van der Waals surface area contributed by atoms with E-state index in [2.05, 4.69) is 10.3 Å². The Hall–Kier alpha value is -2.73. The molecule has 1 aromatic carbocycles. The Bertz CT molecular complexity index is 767. The number of likely N-dealkylation sites (tertiary alicyclic amines) is 1. The molecule has 1 aliphatic rings. The van der Waals surface area contributed by atoms with Crippen molar-refractivity contribution in [2.45, 2.75) is 31.7 Å². The van der Waals surface area contributed by atoms with Gasteiger partial charge in [0.2, 0.25) is 11.8 Å². The molecule has 2 heterocycles. The largest absolute Gasteiger partial charge is 0.396 e. The number of pyridine rings is 1. The number of hydrogen-bond acceptors (Lipinski definition) is 4. The molecule has 1 saturated heterocycles. The van der Waals surface area contributed by atoms with E-state index >= 15 is 0 Å².